The third-order valence-electron chi connectivity index (χ3n) is 2.06. The van der Waals surface area contributed by atoms with Crippen molar-refractivity contribution in [1.82, 2.24) is 4.90 Å². The fourth-order valence-electron chi connectivity index (χ4n) is 1.30. The molecule has 0 spiro atoms. The van der Waals surface area contributed by atoms with Crippen LogP contribution in [-0.2, 0) is 4.79 Å². The van der Waals surface area contributed by atoms with Gasteiger partial charge in [0.05, 0.1) is 0 Å². The molecule has 0 radical (unpaired) electrons. The number of carbonyl (C=O) groups excluding carboxylic acids is 1. The zero-order valence-electron chi connectivity index (χ0n) is 7.55. The summed E-state index contributed by atoms with van der Waals surface area (Å²) in [6.45, 7) is 0. The highest BCUT2D eigenvalue weighted by Crippen LogP contribution is 2.17. The number of nitrogens with two attached hydrogens (primary N) is 1. The smallest absolute Gasteiger partial charge is 0.248 e. The van der Waals surface area contributed by atoms with Gasteiger partial charge in [-0.1, -0.05) is 6.08 Å². The van der Waals surface area contributed by atoms with Crippen LogP contribution in [-0.4, -0.2) is 10.8 Å². The number of hydrogen-bond donors (Lipinski definition) is 1. The van der Waals surface area contributed by atoms with Gasteiger partial charge in [-0.15, -0.1) is 0 Å². The van der Waals surface area contributed by atoms with Gasteiger partial charge in [0.25, 0.3) is 0 Å². The third kappa shape index (κ3) is 1.52. The standard InChI is InChI=1S/C11H10N2O/c12-11(14)9-4-5-10-3-1-2-7-13(10)8-6-9/h1-8H,(H2,12,14). The number of rotatable bonds is 1. The summed E-state index contributed by atoms with van der Waals surface area (Å²) in [5.41, 5.74) is 6.71. The maximum Gasteiger partial charge on any atom is 0.248 e. The predicted molar refractivity (Wildman–Crippen MR) is 54.6 cm³/mol. The molecule has 1 amide bonds. The molecule has 0 atom stereocenters. The highest BCUT2D eigenvalue weighted by Gasteiger charge is 2.07. The Morgan fingerprint density at radius 2 is 2.00 bits per heavy atom. The minimum atomic E-state index is -0.411. The second-order valence-corrected chi connectivity index (χ2v) is 3.00. The van der Waals surface area contributed by atoms with E-state index in [1.807, 2.05) is 41.6 Å². The molecule has 2 heterocycles. The summed E-state index contributed by atoms with van der Waals surface area (Å²) in [7, 11) is 0. The minimum absolute atomic E-state index is 0.411. The van der Waals surface area contributed by atoms with E-state index in [1.54, 1.807) is 12.2 Å². The molecule has 14 heavy (non-hydrogen) atoms. The molecule has 2 aliphatic rings. The predicted octanol–water partition coefficient (Wildman–Crippen LogP) is 1.19. The van der Waals surface area contributed by atoms with Gasteiger partial charge >= 0.3 is 0 Å². The van der Waals surface area contributed by atoms with Crippen LogP contribution in [0, 0.1) is 0 Å². The number of hydrogen-bond acceptors (Lipinski definition) is 2. The molecule has 0 bridgehead atoms. The van der Waals surface area contributed by atoms with E-state index < -0.39 is 5.91 Å². The second-order valence-electron chi connectivity index (χ2n) is 3.00. The van der Waals surface area contributed by atoms with Crippen LogP contribution in [0.5, 0.6) is 0 Å². The van der Waals surface area contributed by atoms with Crippen molar-refractivity contribution in [3.63, 3.8) is 0 Å². The Hall–Kier alpha value is -2.03. The summed E-state index contributed by atoms with van der Waals surface area (Å²) in [4.78, 5) is 12.9. The van der Waals surface area contributed by atoms with Gasteiger partial charge < -0.3 is 10.6 Å². The van der Waals surface area contributed by atoms with Crippen molar-refractivity contribution in [2.75, 3.05) is 0 Å². The van der Waals surface area contributed by atoms with Crippen LogP contribution < -0.4 is 5.73 Å². The van der Waals surface area contributed by atoms with Crippen LogP contribution in [0.2, 0.25) is 0 Å². The molecule has 2 N–H and O–H groups in total. The number of carbonyl (C=O) groups is 1. The molecular weight excluding hydrogens is 176 g/mol. The van der Waals surface area contributed by atoms with Crippen LogP contribution in [0.25, 0.3) is 0 Å². The zero-order chi connectivity index (χ0) is 9.97. The van der Waals surface area contributed by atoms with Gasteiger partial charge in [-0.2, -0.15) is 0 Å². The molecule has 2 aliphatic heterocycles. The van der Waals surface area contributed by atoms with E-state index in [0.717, 1.165) is 5.70 Å². The van der Waals surface area contributed by atoms with E-state index >= 15 is 0 Å². The average Bonchev–Trinajstić information content (AvgIpc) is 2.39. The largest absolute Gasteiger partial charge is 0.366 e. The molecule has 0 aromatic heterocycles. The summed E-state index contributed by atoms with van der Waals surface area (Å²) in [6, 6.07) is 0. The van der Waals surface area contributed by atoms with Crippen molar-refractivity contribution in [2.45, 2.75) is 0 Å². The molecule has 0 aliphatic carbocycles. The Labute approximate surface area is 82.2 Å². The first-order valence-corrected chi connectivity index (χ1v) is 4.30. The summed E-state index contributed by atoms with van der Waals surface area (Å²) in [6.07, 6.45) is 14.9. The fourth-order valence-corrected chi connectivity index (χ4v) is 1.30. The van der Waals surface area contributed by atoms with Gasteiger partial charge in [-0.05, 0) is 30.4 Å². The average molecular weight is 186 g/mol. The SMILES string of the molecule is NC(=O)C1=CC=C2C=CC=CN2C=C1. The monoisotopic (exact) mass is 186 g/mol. The zero-order valence-corrected chi connectivity index (χ0v) is 7.55. The van der Waals surface area contributed by atoms with Gasteiger partial charge in [0.15, 0.2) is 0 Å². The minimum Gasteiger partial charge on any atom is -0.366 e. The molecule has 0 fully saturated rings. The van der Waals surface area contributed by atoms with Crippen LogP contribution in [0.3, 0.4) is 0 Å². The normalized spacial score (nSPS) is 18.4. The van der Waals surface area contributed by atoms with Crippen molar-refractivity contribution in [3.8, 4) is 0 Å². The Morgan fingerprint density at radius 1 is 1.14 bits per heavy atom. The van der Waals surface area contributed by atoms with E-state index in [2.05, 4.69) is 0 Å². The number of allylic oxidation sites excluding steroid dienone is 5. The van der Waals surface area contributed by atoms with E-state index in [9.17, 15) is 4.79 Å². The topological polar surface area (TPSA) is 46.3 Å². The molecule has 0 saturated carbocycles. The first kappa shape index (κ1) is 8.56. The summed E-state index contributed by atoms with van der Waals surface area (Å²) < 4.78 is 0. The third-order valence-corrected chi connectivity index (χ3v) is 2.06. The Kier molecular flexibility index (Phi) is 2.07. The van der Waals surface area contributed by atoms with E-state index in [1.165, 1.54) is 0 Å². The first-order chi connectivity index (χ1) is 6.77. The highest BCUT2D eigenvalue weighted by molar-refractivity contribution is 5.95. The second kappa shape index (κ2) is 3.38. The number of nitrogens with zero attached hydrogens (tertiary/aromatic N) is 1. The van der Waals surface area contributed by atoms with Gasteiger partial charge in [0.2, 0.25) is 5.91 Å². The van der Waals surface area contributed by atoms with E-state index in [4.69, 9.17) is 5.73 Å². The molecule has 3 nitrogen and oxygen atoms in total. The lowest BCUT2D eigenvalue weighted by atomic mass is 10.2. The highest BCUT2D eigenvalue weighted by atomic mass is 16.1. The lowest BCUT2D eigenvalue weighted by Crippen LogP contribution is -2.12. The molecular formula is C11H10N2O. The Balaban J connectivity index is 2.37. The quantitative estimate of drug-likeness (QED) is 0.668. The number of fused-ring (bicyclic) bond motifs is 1. The van der Waals surface area contributed by atoms with E-state index in [0.29, 0.717) is 5.57 Å². The van der Waals surface area contributed by atoms with E-state index in [-0.39, 0.29) is 0 Å². The maximum atomic E-state index is 10.9. The molecule has 0 unspecified atom stereocenters. The number of amides is 1. The van der Waals surface area contributed by atoms with Gasteiger partial charge in [-0.3, -0.25) is 4.79 Å². The molecule has 0 aromatic carbocycles. The van der Waals surface area contributed by atoms with Crippen LogP contribution in [0.15, 0.2) is 60.1 Å². The summed E-state index contributed by atoms with van der Waals surface area (Å²) in [5.74, 6) is -0.411. The number of primary amides is 1. The van der Waals surface area contributed by atoms with Crippen molar-refractivity contribution in [3.05, 3.63) is 60.1 Å². The molecule has 3 heteroatoms. The van der Waals surface area contributed by atoms with Crippen molar-refractivity contribution >= 4 is 5.91 Å². The first-order valence-electron chi connectivity index (χ1n) is 4.30. The van der Waals surface area contributed by atoms with Crippen molar-refractivity contribution in [2.24, 2.45) is 5.73 Å². The molecule has 0 saturated heterocycles. The van der Waals surface area contributed by atoms with Crippen LogP contribution in [0.1, 0.15) is 0 Å². The lowest BCUT2D eigenvalue weighted by Gasteiger charge is -2.17. The molecule has 2 rings (SSSR count). The van der Waals surface area contributed by atoms with Gasteiger partial charge in [0, 0.05) is 23.7 Å². The summed E-state index contributed by atoms with van der Waals surface area (Å²) >= 11 is 0. The summed E-state index contributed by atoms with van der Waals surface area (Å²) in [5, 5.41) is 0. The van der Waals surface area contributed by atoms with Gasteiger partial charge in [-0.25, -0.2) is 0 Å². The molecule has 0 aromatic rings. The van der Waals surface area contributed by atoms with Crippen molar-refractivity contribution in [1.29, 1.82) is 0 Å². The van der Waals surface area contributed by atoms with Crippen LogP contribution >= 0.6 is 0 Å². The maximum absolute atomic E-state index is 10.9. The van der Waals surface area contributed by atoms with Gasteiger partial charge in [0.1, 0.15) is 0 Å². The van der Waals surface area contributed by atoms with Crippen molar-refractivity contribution < 1.29 is 4.79 Å². The lowest BCUT2D eigenvalue weighted by molar-refractivity contribution is -0.114. The fraction of sp³-hybridized carbons (Fsp3) is 0. The Morgan fingerprint density at radius 3 is 2.79 bits per heavy atom. The van der Waals surface area contributed by atoms with Crippen LogP contribution in [0.4, 0.5) is 0 Å². The molecule has 70 valence electrons. The Bertz CT molecular complexity index is 411.